The van der Waals surface area contributed by atoms with Gasteiger partial charge < -0.3 is 14.4 Å². The maximum Gasteiger partial charge on any atom is 0.573 e. The number of carbonyl (C=O) groups excluding carboxylic acids is 1. The largest absolute Gasteiger partial charge is 0.573 e. The average molecular weight is 435 g/mol. The molecule has 2 aromatic rings. The van der Waals surface area contributed by atoms with Gasteiger partial charge in [0.15, 0.2) is 0 Å². The first-order valence-corrected chi connectivity index (χ1v) is 10.3. The Morgan fingerprint density at radius 1 is 1.19 bits per heavy atom. The molecule has 31 heavy (non-hydrogen) atoms. The normalized spacial score (nSPS) is 17.4. The highest BCUT2D eigenvalue weighted by Gasteiger charge is 2.53. The third-order valence-corrected chi connectivity index (χ3v) is 5.84. The number of halogens is 3. The topological polar surface area (TPSA) is 64.6 Å². The molecule has 1 aromatic heterocycles. The van der Waals surface area contributed by atoms with Crippen molar-refractivity contribution in [3.05, 3.63) is 53.1 Å². The molecule has 1 spiro atoms. The SMILES string of the molecule is CC(C)c1cc(CCc2ncc(C(=O)N3CCC34COC4)cn2)cc(OC(F)(F)F)c1. The van der Waals surface area contributed by atoms with Crippen LogP contribution >= 0.6 is 0 Å². The number of carbonyl (C=O) groups is 1. The van der Waals surface area contributed by atoms with E-state index in [2.05, 4.69) is 14.7 Å². The first kappa shape index (κ1) is 21.5. The second-order valence-corrected chi connectivity index (χ2v) is 8.42. The smallest absolute Gasteiger partial charge is 0.406 e. The third-order valence-electron chi connectivity index (χ3n) is 5.84. The summed E-state index contributed by atoms with van der Waals surface area (Å²) >= 11 is 0. The molecule has 0 radical (unpaired) electrons. The van der Waals surface area contributed by atoms with Crippen LogP contribution in [0.5, 0.6) is 5.75 Å². The summed E-state index contributed by atoms with van der Waals surface area (Å²) < 4.78 is 47.3. The molecule has 0 unspecified atom stereocenters. The van der Waals surface area contributed by atoms with Gasteiger partial charge in [-0.25, -0.2) is 9.97 Å². The number of nitrogens with zero attached hydrogens (tertiary/aromatic N) is 3. The maximum atomic E-state index is 12.7. The fraction of sp³-hybridized carbons (Fsp3) is 0.500. The van der Waals surface area contributed by atoms with E-state index in [4.69, 9.17) is 4.74 Å². The highest BCUT2D eigenvalue weighted by Crippen LogP contribution is 2.38. The quantitative estimate of drug-likeness (QED) is 0.689. The van der Waals surface area contributed by atoms with Crippen LogP contribution in [0.4, 0.5) is 13.2 Å². The van der Waals surface area contributed by atoms with Crippen molar-refractivity contribution in [3.8, 4) is 5.75 Å². The predicted octanol–water partition coefficient (Wildman–Crippen LogP) is 3.90. The van der Waals surface area contributed by atoms with Gasteiger partial charge in [0.25, 0.3) is 5.91 Å². The van der Waals surface area contributed by atoms with E-state index in [1.54, 1.807) is 0 Å². The molecule has 1 aromatic carbocycles. The van der Waals surface area contributed by atoms with Crippen LogP contribution in [-0.4, -0.2) is 52.4 Å². The zero-order valence-corrected chi connectivity index (χ0v) is 17.4. The minimum absolute atomic E-state index is 0.0583. The van der Waals surface area contributed by atoms with Crippen LogP contribution in [-0.2, 0) is 17.6 Å². The van der Waals surface area contributed by atoms with Crippen LogP contribution in [0.25, 0.3) is 0 Å². The maximum absolute atomic E-state index is 12.7. The van der Waals surface area contributed by atoms with Crippen molar-refractivity contribution in [1.29, 1.82) is 0 Å². The van der Waals surface area contributed by atoms with Crippen LogP contribution < -0.4 is 4.74 Å². The summed E-state index contributed by atoms with van der Waals surface area (Å²) in [7, 11) is 0. The zero-order chi connectivity index (χ0) is 22.2. The lowest BCUT2D eigenvalue weighted by Gasteiger charge is -2.57. The highest BCUT2D eigenvalue weighted by atomic mass is 19.4. The van der Waals surface area contributed by atoms with Crippen molar-refractivity contribution < 1.29 is 27.4 Å². The molecule has 4 rings (SSSR count). The van der Waals surface area contributed by atoms with Gasteiger partial charge in [-0.15, -0.1) is 13.2 Å². The number of hydrogen-bond acceptors (Lipinski definition) is 5. The van der Waals surface area contributed by atoms with Crippen molar-refractivity contribution >= 4 is 5.91 Å². The molecular formula is C22H24F3N3O3. The standard InChI is InChI=1S/C22H24F3N3O3/c1-14(2)16-7-15(8-18(9-16)31-22(23,24)25)3-4-19-26-10-17(11-27-19)20(29)28-6-5-21(28)12-30-13-21/h7-11,14H,3-6,12-13H2,1-2H3. The summed E-state index contributed by atoms with van der Waals surface area (Å²) in [4.78, 5) is 23.0. The lowest BCUT2D eigenvalue weighted by molar-refractivity contribution is -0.274. The molecule has 9 heteroatoms. The molecule has 3 heterocycles. The van der Waals surface area contributed by atoms with Gasteiger partial charge in [-0.1, -0.05) is 19.9 Å². The Bertz CT molecular complexity index is 951. The number of amides is 1. The van der Waals surface area contributed by atoms with Gasteiger partial charge in [0.2, 0.25) is 0 Å². The fourth-order valence-corrected chi connectivity index (χ4v) is 3.86. The van der Waals surface area contributed by atoms with Crippen molar-refractivity contribution in [2.24, 2.45) is 0 Å². The molecule has 6 nitrogen and oxygen atoms in total. The van der Waals surface area contributed by atoms with Crippen molar-refractivity contribution in [1.82, 2.24) is 14.9 Å². The Morgan fingerprint density at radius 3 is 2.42 bits per heavy atom. The van der Waals surface area contributed by atoms with Gasteiger partial charge in [-0.2, -0.15) is 0 Å². The predicted molar refractivity (Wildman–Crippen MR) is 106 cm³/mol. The Kier molecular flexibility index (Phi) is 5.63. The Labute approximate surface area is 178 Å². The van der Waals surface area contributed by atoms with E-state index >= 15 is 0 Å². The summed E-state index contributed by atoms with van der Waals surface area (Å²) in [5, 5.41) is 0. The molecule has 2 saturated heterocycles. The second-order valence-electron chi connectivity index (χ2n) is 8.42. The average Bonchev–Trinajstić information content (AvgIpc) is 2.63. The number of alkyl halides is 3. The minimum atomic E-state index is -4.74. The second kappa shape index (κ2) is 8.11. The number of hydrogen-bond donors (Lipinski definition) is 0. The molecule has 2 aliphatic rings. The zero-order valence-electron chi connectivity index (χ0n) is 17.4. The summed E-state index contributed by atoms with van der Waals surface area (Å²) in [6, 6.07) is 4.67. The first-order valence-electron chi connectivity index (χ1n) is 10.3. The Hall–Kier alpha value is -2.68. The fourth-order valence-electron chi connectivity index (χ4n) is 3.86. The lowest BCUT2D eigenvalue weighted by Crippen LogP contribution is -2.72. The first-order chi connectivity index (χ1) is 14.7. The van der Waals surface area contributed by atoms with Crippen LogP contribution in [0, 0.1) is 0 Å². The minimum Gasteiger partial charge on any atom is -0.406 e. The number of aryl methyl sites for hydroxylation is 2. The molecule has 1 amide bonds. The lowest BCUT2D eigenvalue weighted by atomic mass is 9.82. The van der Waals surface area contributed by atoms with Crippen LogP contribution in [0.2, 0.25) is 0 Å². The molecule has 0 bridgehead atoms. The molecular weight excluding hydrogens is 411 g/mol. The van der Waals surface area contributed by atoms with E-state index in [0.717, 1.165) is 12.0 Å². The molecule has 0 N–H and O–H groups in total. The number of rotatable bonds is 6. The van der Waals surface area contributed by atoms with Crippen LogP contribution in [0.3, 0.4) is 0 Å². The summed E-state index contributed by atoms with van der Waals surface area (Å²) in [5.74, 6) is 0.261. The molecule has 166 valence electrons. The van der Waals surface area contributed by atoms with Crippen molar-refractivity contribution in [2.45, 2.75) is 50.9 Å². The van der Waals surface area contributed by atoms with Crippen LogP contribution in [0.1, 0.15) is 53.5 Å². The monoisotopic (exact) mass is 435 g/mol. The van der Waals surface area contributed by atoms with E-state index in [9.17, 15) is 18.0 Å². The van der Waals surface area contributed by atoms with Gasteiger partial charge in [0.1, 0.15) is 11.6 Å². The van der Waals surface area contributed by atoms with E-state index in [1.165, 1.54) is 24.5 Å². The summed E-state index contributed by atoms with van der Waals surface area (Å²) in [6.07, 6.45) is 0.127. The van der Waals surface area contributed by atoms with E-state index < -0.39 is 6.36 Å². The van der Waals surface area contributed by atoms with Gasteiger partial charge in [0, 0.05) is 25.4 Å². The van der Waals surface area contributed by atoms with Crippen molar-refractivity contribution in [2.75, 3.05) is 19.8 Å². The molecule has 0 atom stereocenters. The third kappa shape index (κ3) is 4.66. The molecule has 2 fully saturated rings. The number of aromatic nitrogens is 2. The Balaban J connectivity index is 1.41. The molecule has 0 aliphatic carbocycles. The number of likely N-dealkylation sites (tertiary alicyclic amines) is 1. The highest BCUT2D eigenvalue weighted by molar-refractivity contribution is 5.94. The summed E-state index contributed by atoms with van der Waals surface area (Å²) in [5.41, 5.74) is 1.76. The van der Waals surface area contributed by atoms with Gasteiger partial charge in [-0.05, 0) is 42.0 Å². The van der Waals surface area contributed by atoms with Crippen molar-refractivity contribution in [3.63, 3.8) is 0 Å². The van der Waals surface area contributed by atoms with E-state index in [-0.39, 0.29) is 23.1 Å². The molecule has 0 saturated carbocycles. The van der Waals surface area contributed by atoms with Gasteiger partial charge >= 0.3 is 6.36 Å². The van der Waals surface area contributed by atoms with E-state index in [0.29, 0.717) is 49.6 Å². The van der Waals surface area contributed by atoms with Gasteiger partial charge in [0.05, 0.1) is 24.3 Å². The van der Waals surface area contributed by atoms with Gasteiger partial charge in [-0.3, -0.25) is 4.79 Å². The van der Waals surface area contributed by atoms with Crippen LogP contribution in [0.15, 0.2) is 30.6 Å². The summed E-state index contributed by atoms with van der Waals surface area (Å²) in [6.45, 7) is 5.68. The van der Waals surface area contributed by atoms with E-state index in [1.807, 2.05) is 24.8 Å². The molecule has 2 aliphatic heterocycles. The number of ether oxygens (including phenoxy) is 2. The Morgan fingerprint density at radius 2 is 1.90 bits per heavy atom. The number of benzene rings is 1.